The number of thioether (sulfide) groups is 1. The predicted octanol–water partition coefficient (Wildman–Crippen LogP) is 3.21. The molecular formula is C17H23N3O2S. The first kappa shape index (κ1) is 16.5. The average molecular weight is 333 g/mol. The minimum absolute atomic E-state index is 0.0471. The molecule has 0 unspecified atom stereocenters. The van der Waals surface area contributed by atoms with Crippen LogP contribution in [0.1, 0.15) is 44.3 Å². The first-order valence-corrected chi connectivity index (χ1v) is 9.51. The van der Waals surface area contributed by atoms with E-state index < -0.39 is 0 Å². The lowest BCUT2D eigenvalue weighted by Crippen LogP contribution is -2.24. The third kappa shape index (κ3) is 3.43. The monoisotopic (exact) mass is 333 g/mol. The van der Waals surface area contributed by atoms with Crippen molar-refractivity contribution in [3.8, 4) is 0 Å². The van der Waals surface area contributed by atoms with Gasteiger partial charge in [0, 0.05) is 30.5 Å². The molecule has 1 aliphatic rings. The van der Waals surface area contributed by atoms with Gasteiger partial charge in [-0.05, 0) is 32.1 Å². The summed E-state index contributed by atoms with van der Waals surface area (Å²) in [4.78, 5) is 21.8. The van der Waals surface area contributed by atoms with Crippen LogP contribution < -0.4 is 5.56 Å². The Bertz CT molecular complexity index is 738. The van der Waals surface area contributed by atoms with Crippen LogP contribution in [0.25, 0.3) is 11.0 Å². The quantitative estimate of drug-likeness (QED) is 0.461. The fourth-order valence-corrected chi connectivity index (χ4v) is 3.66. The lowest BCUT2D eigenvalue weighted by Gasteiger charge is -2.17. The molecule has 0 saturated heterocycles. The third-order valence-corrected chi connectivity index (χ3v) is 4.95. The molecule has 1 aliphatic carbocycles. The summed E-state index contributed by atoms with van der Waals surface area (Å²) in [6.45, 7) is 3.33. The summed E-state index contributed by atoms with van der Waals surface area (Å²) in [5.74, 6) is 0. The first-order valence-electron chi connectivity index (χ1n) is 8.28. The fraction of sp³-hybridized carbons (Fsp3) is 0.588. The van der Waals surface area contributed by atoms with Crippen LogP contribution in [0.3, 0.4) is 0 Å². The minimum Gasteiger partial charge on any atom is -0.381 e. The molecule has 2 aromatic rings. The smallest absolute Gasteiger partial charge is 0.252 e. The van der Waals surface area contributed by atoms with E-state index in [0.717, 1.165) is 41.1 Å². The minimum atomic E-state index is 0.0471. The average Bonchev–Trinajstić information content (AvgIpc) is 3.08. The number of hydrogen-bond donors (Lipinski definition) is 0. The standard InChI is InChI=1S/C17H23N3O2S/c1-3-22-11-10-14-13-8-9-15(21)20(12-6-4-5-7-12)16(13)19-17(18-14)23-2/h8-9,12H,3-7,10-11H2,1-2H3. The van der Waals surface area contributed by atoms with Crippen molar-refractivity contribution in [2.24, 2.45) is 0 Å². The Morgan fingerprint density at radius 1 is 1.30 bits per heavy atom. The van der Waals surface area contributed by atoms with Crippen molar-refractivity contribution in [2.75, 3.05) is 19.5 Å². The van der Waals surface area contributed by atoms with Gasteiger partial charge >= 0.3 is 0 Å². The molecule has 6 heteroatoms. The van der Waals surface area contributed by atoms with Gasteiger partial charge in [0.05, 0.1) is 12.3 Å². The van der Waals surface area contributed by atoms with Crippen LogP contribution in [0, 0.1) is 0 Å². The second-order valence-corrected chi connectivity index (χ2v) is 6.59. The summed E-state index contributed by atoms with van der Waals surface area (Å²) in [6, 6.07) is 3.80. The van der Waals surface area contributed by atoms with Crippen LogP contribution in [0.4, 0.5) is 0 Å². The maximum absolute atomic E-state index is 12.5. The van der Waals surface area contributed by atoms with Gasteiger partial charge in [-0.2, -0.15) is 0 Å². The molecule has 1 saturated carbocycles. The molecule has 0 atom stereocenters. The van der Waals surface area contributed by atoms with Gasteiger partial charge in [-0.15, -0.1) is 0 Å². The van der Waals surface area contributed by atoms with Crippen molar-refractivity contribution < 1.29 is 4.74 Å². The summed E-state index contributed by atoms with van der Waals surface area (Å²) >= 11 is 1.52. The zero-order valence-corrected chi connectivity index (χ0v) is 14.6. The second kappa shape index (κ2) is 7.45. The highest BCUT2D eigenvalue weighted by molar-refractivity contribution is 7.98. The number of aromatic nitrogens is 3. The Kier molecular flexibility index (Phi) is 5.33. The van der Waals surface area contributed by atoms with Crippen LogP contribution in [0.15, 0.2) is 22.1 Å². The van der Waals surface area contributed by atoms with Gasteiger partial charge in [-0.25, -0.2) is 9.97 Å². The van der Waals surface area contributed by atoms with Crippen molar-refractivity contribution in [1.29, 1.82) is 0 Å². The number of rotatable bonds is 6. The third-order valence-electron chi connectivity index (χ3n) is 4.40. The van der Waals surface area contributed by atoms with Gasteiger partial charge < -0.3 is 4.74 Å². The molecule has 0 N–H and O–H groups in total. The van der Waals surface area contributed by atoms with E-state index >= 15 is 0 Å². The Morgan fingerprint density at radius 3 is 2.78 bits per heavy atom. The van der Waals surface area contributed by atoms with E-state index in [1.807, 2.05) is 23.8 Å². The molecule has 0 radical (unpaired) electrons. The molecule has 0 spiro atoms. The Hall–Kier alpha value is -1.40. The van der Waals surface area contributed by atoms with E-state index in [4.69, 9.17) is 4.74 Å². The number of pyridine rings is 1. The van der Waals surface area contributed by atoms with Crippen molar-refractivity contribution in [3.63, 3.8) is 0 Å². The SMILES string of the molecule is CCOCCc1nc(SC)nc2c1ccc(=O)n2C1CCCC1. The van der Waals surface area contributed by atoms with Gasteiger partial charge in [0.2, 0.25) is 0 Å². The van der Waals surface area contributed by atoms with Crippen LogP contribution in [-0.2, 0) is 11.2 Å². The summed E-state index contributed by atoms with van der Waals surface area (Å²) < 4.78 is 7.37. The van der Waals surface area contributed by atoms with E-state index in [1.165, 1.54) is 24.6 Å². The summed E-state index contributed by atoms with van der Waals surface area (Å²) in [7, 11) is 0. The molecule has 0 aromatic carbocycles. The topological polar surface area (TPSA) is 57.0 Å². The molecule has 1 fully saturated rings. The van der Waals surface area contributed by atoms with Crippen LogP contribution in [0.2, 0.25) is 0 Å². The summed E-state index contributed by atoms with van der Waals surface area (Å²) in [5, 5.41) is 1.70. The maximum Gasteiger partial charge on any atom is 0.252 e. The van der Waals surface area contributed by atoms with Crippen LogP contribution >= 0.6 is 11.8 Å². The number of nitrogens with zero attached hydrogens (tertiary/aromatic N) is 3. The van der Waals surface area contributed by atoms with Gasteiger partial charge in [0.25, 0.3) is 5.56 Å². The maximum atomic E-state index is 12.5. The second-order valence-electron chi connectivity index (χ2n) is 5.82. The van der Waals surface area contributed by atoms with Crippen molar-refractivity contribution >= 4 is 22.8 Å². The molecular weight excluding hydrogens is 310 g/mol. The van der Waals surface area contributed by atoms with Gasteiger partial charge in [0.15, 0.2) is 5.16 Å². The Labute approximate surface area is 140 Å². The van der Waals surface area contributed by atoms with Gasteiger partial charge in [-0.1, -0.05) is 24.6 Å². The van der Waals surface area contributed by atoms with Crippen molar-refractivity contribution in [1.82, 2.24) is 14.5 Å². The predicted molar refractivity (Wildman–Crippen MR) is 93.3 cm³/mol. The normalized spacial score (nSPS) is 15.6. The summed E-state index contributed by atoms with van der Waals surface area (Å²) in [5.41, 5.74) is 1.81. The zero-order valence-electron chi connectivity index (χ0n) is 13.7. The number of ether oxygens (including phenoxy) is 1. The summed E-state index contributed by atoms with van der Waals surface area (Å²) in [6.07, 6.45) is 7.20. The molecule has 23 heavy (non-hydrogen) atoms. The molecule has 3 rings (SSSR count). The highest BCUT2D eigenvalue weighted by Gasteiger charge is 2.21. The highest BCUT2D eigenvalue weighted by atomic mass is 32.2. The largest absolute Gasteiger partial charge is 0.381 e. The highest BCUT2D eigenvalue weighted by Crippen LogP contribution is 2.31. The van der Waals surface area contributed by atoms with E-state index in [9.17, 15) is 4.79 Å². The Balaban J connectivity index is 2.13. The molecule has 2 heterocycles. The van der Waals surface area contributed by atoms with E-state index in [-0.39, 0.29) is 11.6 Å². The molecule has 2 aromatic heterocycles. The van der Waals surface area contributed by atoms with Crippen molar-refractivity contribution in [3.05, 3.63) is 28.2 Å². The van der Waals surface area contributed by atoms with Crippen molar-refractivity contribution in [2.45, 2.75) is 50.2 Å². The lowest BCUT2D eigenvalue weighted by atomic mass is 10.1. The zero-order chi connectivity index (χ0) is 16.2. The number of hydrogen-bond acceptors (Lipinski definition) is 5. The molecule has 0 aliphatic heterocycles. The lowest BCUT2D eigenvalue weighted by molar-refractivity contribution is 0.150. The first-order chi connectivity index (χ1) is 11.2. The van der Waals surface area contributed by atoms with Gasteiger partial charge in [-0.3, -0.25) is 9.36 Å². The fourth-order valence-electron chi connectivity index (χ4n) is 3.28. The van der Waals surface area contributed by atoms with Gasteiger partial charge in [0.1, 0.15) is 5.65 Å². The molecule has 5 nitrogen and oxygen atoms in total. The molecule has 0 amide bonds. The van der Waals surface area contributed by atoms with E-state index in [0.29, 0.717) is 13.2 Å². The van der Waals surface area contributed by atoms with E-state index in [2.05, 4.69) is 9.97 Å². The van der Waals surface area contributed by atoms with E-state index in [1.54, 1.807) is 6.07 Å². The number of fused-ring (bicyclic) bond motifs is 1. The molecule has 0 bridgehead atoms. The molecule has 124 valence electrons. The van der Waals surface area contributed by atoms with Crippen LogP contribution in [-0.4, -0.2) is 34.0 Å². The Morgan fingerprint density at radius 2 is 2.09 bits per heavy atom. The van der Waals surface area contributed by atoms with Crippen LogP contribution in [0.5, 0.6) is 0 Å².